The lowest BCUT2D eigenvalue weighted by molar-refractivity contribution is -0.135. The van der Waals surface area contributed by atoms with Crippen LogP contribution in [0, 0.1) is 0 Å². The standard InChI is InChI=1S/C20H18N2O5/c23-18(21-8-10-26-11-9-21)13-22-16-7-6-15(12-17(16)27-20(22)25)19(24)14-4-2-1-3-5-14/h1-7,12H,8-11,13H2. The van der Waals surface area contributed by atoms with Gasteiger partial charge in [-0.1, -0.05) is 30.3 Å². The summed E-state index contributed by atoms with van der Waals surface area (Å²) in [7, 11) is 0. The van der Waals surface area contributed by atoms with Crippen molar-refractivity contribution >= 4 is 22.8 Å². The minimum atomic E-state index is -0.615. The number of rotatable bonds is 4. The molecule has 0 unspecified atom stereocenters. The summed E-state index contributed by atoms with van der Waals surface area (Å²) in [6.45, 7) is 1.92. The number of aromatic nitrogens is 1. The maximum absolute atomic E-state index is 12.6. The van der Waals surface area contributed by atoms with E-state index in [1.807, 2.05) is 6.07 Å². The van der Waals surface area contributed by atoms with Gasteiger partial charge in [0.25, 0.3) is 0 Å². The molecule has 0 bridgehead atoms. The molecule has 1 saturated heterocycles. The Morgan fingerprint density at radius 3 is 2.44 bits per heavy atom. The number of hydrogen-bond acceptors (Lipinski definition) is 5. The Labute approximate surface area is 154 Å². The highest BCUT2D eigenvalue weighted by molar-refractivity contribution is 6.10. The number of carbonyl (C=O) groups is 2. The van der Waals surface area contributed by atoms with Crippen LogP contribution < -0.4 is 5.76 Å². The summed E-state index contributed by atoms with van der Waals surface area (Å²) in [4.78, 5) is 38.9. The third kappa shape index (κ3) is 3.41. The molecule has 3 aromatic rings. The third-order valence-corrected chi connectivity index (χ3v) is 4.62. The molecule has 1 aromatic heterocycles. The lowest BCUT2D eigenvalue weighted by Crippen LogP contribution is -2.43. The average Bonchev–Trinajstić information content (AvgIpc) is 3.03. The van der Waals surface area contributed by atoms with Gasteiger partial charge < -0.3 is 14.1 Å². The third-order valence-electron chi connectivity index (χ3n) is 4.62. The summed E-state index contributed by atoms with van der Waals surface area (Å²) in [6.07, 6.45) is 0. The predicted octanol–water partition coefficient (Wildman–Crippen LogP) is 1.68. The first-order chi connectivity index (χ1) is 13.1. The van der Waals surface area contributed by atoms with E-state index in [0.717, 1.165) is 0 Å². The Morgan fingerprint density at radius 2 is 1.70 bits per heavy atom. The van der Waals surface area contributed by atoms with Crippen LogP contribution in [0.3, 0.4) is 0 Å². The van der Waals surface area contributed by atoms with E-state index < -0.39 is 5.76 Å². The molecule has 7 nitrogen and oxygen atoms in total. The fraction of sp³-hybridized carbons (Fsp3) is 0.250. The summed E-state index contributed by atoms with van der Waals surface area (Å²) in [5.41, 5.74) is 1.76. The number of ether oxygens (including phenoxy) is 1. The normalized spacial score (nSPS) is 14.4. The van der Waals surface area contributed by atoms with Crippen LogP contribution in [-0.4, -0.2) is 47.5 Å². The van der Waals surface area contributed by atoms with Crippen molar-refractivity contribution in [2.45, 2.75) is 6.54 Å². The van der Waals surface area contributed by atoms with Gasteiger partial charge in [0.1, 0.15) is 6.54 Å². The highest BCUT2D eigenvalue weighted by Gasteiger charge is 2.20. The number of amides is 1. The number of nitrogens with zero attached hydrogens (tertiary/aromatic N) is 2. The van der Waals surface area contributed by atoms with Crippen molar-refractivity contribution in [2.75, 3.05) is 26.3 Å². The van der Waals surface area contributed by atoms with Gasteiger partial charge in [0, 0.05) is 24.2 Å². The van der Waals surface area contributed by atoms with Gasteiger partial charge in [0.05, 0.1) is 18.7 Å². The molecule has 0 atom stereocenters. The zero-order chi connectivity index (χ0) is 18.8. The molecular formula is C20H18N2O5. The van der Waals surface area contributed by atoms with Gasteiger partial charge in [-0.15, -0.1) is 0 Å². The molecule has 2 aromatic carbocycles. The van der Waals surface area contributed by atoms with Gasteiger partial charge in [-0.3, -0.25) is 14.2 Å². The zero-order valence-electron chi connectivity index (χ0n) is 14.6. The quantitative estimate of drug-likeness (QED) is 0.656. The molecule has 1 aliphatic rings. The zero-order valence-corrected chi connectivity index (χ0v) is 14.6. The highest BCUT2D eigenvalue weighted by atomic mass is 16.5. The van der Waals surface area contributed by atoms with Crippen molar-refractivity contribution in [2.24, 2.45) is 0 Å². The lowest BCUT2D eigenvalue weighted by Gasteiger charge is -2.26. The first-order valence-electron chi connectivity index (χ1n) is 8.72. The Balaban J connectivity index is 1.62. The van der Waals surface area contributed by atoms with Crippen LogP contribution in [0.25, 0.3) is 11.1 Å². The average molecular weight is 366 g/mol. The summed E-state index contributed by atoms with van der Waals surface area (Å²) in [5.74, 6) is -0.930. The van der Waals surface area contributed by atoms with Crippen LogP contribution in [0.2, 0.25) is 0 Å². The summed E-state index contributed by atoms with van der Waals surface area (Å²) in [6, 6.07) is 13.7. The SMILES string of the molecule is O=C(c1ccccc1)c1ccc2c(c1)oc(=O)n2CC(=O)N1CCOCC1. The second-order valence-corrected chi connectivity index (χ2v) is 6.32. The molecule has 1 aliphatic heterocycles. The Bertz CT molecular complexity index is 1050. The van der Waals surface area contributed by atoms with Gasteiger partial charge in [-0.05, 0) is 18.2 Å². The Kier molecular flexibility index (Phi) is 4.60. The fourth-order valence-electron chi connectivity index (χ4n) is 3.16. The molecular weight excluding hydrogens is 348 g/mol. The number of morpholine rings is 1. The summed E-state index contributed by atoms with van der Waals surface area (Å²) >= 11 is 0. The number of carbonyl (C=O) groups excluding carboxylic acids is 2. The predicted molar refractivity (Wildman–Crippen MR) is 97.7 cm³/mol. The number of hydrogen-bond donors (Lipinski definition) is 0. The van der Waals surface area contributed by atoms with Crippen LogP contribution in [0.5, 0.6) is 0 Å². The van der Waals surface area contributed by atoms with Crippen molar-refractivity contribution in [3.8, 4) is 0 Å². The van der Waals surface area contributed by atoms with E-state index in [-0.39, 0.29) is 23.8 Å². The van der Waals surface area contributed by atoms with Gasteiger partial charge in [0.2, 0.25) is 5.91 Å². The van der Waals surface area contributed by atoms with Gasteiger partial charge in [0.15, 0.2) is 11.4 Å². The summed E-state index contributed by atoms with van der Waals surface area (Å²) in [5, 5.41) is 0. The fourth-order valence-corrected chi connectivity index (χ4v) is 3.16. The first-order valence-corrected chi connectivity index (χ1v) is 8.72. The van der Waals surface area contributed by atoms with E-state index in [4.69, 9.17) is 9.15 Å². The second kappa shape index (κ2) is 7.20. The summed E-state index contributed by atoms with van der Waals surface area (Å²) < 4.78 is 11.8. The van der Waals surface area contributed by atoms with Crippen LogP contribution in [0.4, 0.5) is 0 Å². The molecule has 27 heavy (non-hydrogen) atoms. The minimum Gasteiger partial charge on any atom is -0.408 e. The molecule has 0 N–H and O–H groups in total. The van der Waals surface area contributed by atoms with Crippen molar-refractivity contribution in [3.05, 3.63) is 70.2 Å². The van der Waals surface area contributed by atoms with Crippen LogP contribution in [-0.2, 0) is 16.1 Å². The number of ketones is 1. The maximum Gasteiger partial charge on any atom is 0.420 e. The Hall–Kier alpha value is -3.19. The van der Waals surface area contributed by atoms with E-state index in [0.29, 0.717) is 42.9 Å². The molecule has 0 saturated carbocycles. The molecule has 1 amide bonds. The van der Waals surface area contributed by atoms with Crippen LogP contribution >= 0.6 is 0 Å². The molecule has 1 fully saturated rings. The van der Waals surface area contributed by atoms with E-state index >= 15 is 0 Å². The molecule has 7 heteroatoms. The van der Waals surface area contributed by atoms with Crippen molar-refractivity contribution in [1.82, 2.24) is 9.47 Å². The van der Waals surface area contributed by atoms with E-state index in [2.05, 4.69) is 0 Å². The van der Waals surface area contributed by atoms with Gasteiger partial charge in [-0.2, -0.15) is 0 Å². The van der Waals surface area contributed by atoms with E-state index in [1.54, 1.807) is 47.4 Å². The van der Waals surface area contributed by atoms with Crippen LogP contribution in [0.1, 0.15) is 15.9 Å². The molecule has 2 heterocycles. The number of fused-ring (bicyclic) bond motifs is 1. The minimum absolute atomic E-state index is 0.0994. The van der Waals surface area contributed by atoms with Crippen molar-refractivity contribution in [1.29, 1.82) is 0 Å². The van der Waals surface area contributed by atoms with Crippen LogP contribution in [0.15, 0.2) is 57.7 Å². The monoisotopic (exact) mass is 366 g/mol. The van der Waals surface area contributed by atoms with Crippen molar-refractivity contribution in [3.63, 3.8) is 0 Å². The lowest BCUT2D eigenvalue weighted by atomic mass is 10.0. The van der Waals surface area contributed by atoms with Gasteiger partial charge in [-0.25, -0.2) is 4.79 Å². The molecule has 0 aliphatic carbocycles. The number of benzene rings is 2. The maximum atomic E-state index is 12.6. The van der Waals surface area contributed by atoms with Gasteiger partial charge >= 0.3 is 5.76 Å². The molecule has 0 spiro atoms. The Morgan fingerprint density at radius 1 is 0.963 bits per heavy atom. The first kappa shape index (κ1) is 17.2. The largest absolute Gasteiger partial charge is 0.420 e. The highest BCUT2D eigenvalue weighted by Crippen LogP contribution is 2.18. The van der Waals surface area contributed by atoms with Crippen molar-refractivity contribution < 1.29 is 18.7 Å². The molecule has 4 rings (SSSR count). The second-order valence-electron chi connectivity index (χ2n) is 6.32. The van der Waals surface area contributed by atoms with E-state index in [9.17, 15) is 14.4 Å². The molecule has 138 valence electrons. The topological polar surface area (TPSA) is 81.8 Å². The number of oxazole rings is 1. The molecule has 0 radical (unpaired) electrons. The smallest absolute Gasteiger partial charge is 0.408 e. The van der Waals surface area contributed by atoms with E-state index in [1.165, 1.54) is 4.57 Å².